The van der Waals surface area contributed by atoms with Gasteiger partial charge in [-0.3, -0.25) is 10.1 Å². The van der Waals surface area contributed by atoms with E-state index in [0.717, 1.165) is 12.2 Å². The van der Waals surface area contributed by atoms with Gasteiger partial charge in [-0.2, -0.15) is 10.1 Å². The Morgan fingerprint density at radius 2 is 2.29 bits per heavy atom. The third kappa shape index (κ3) is 2.72. The molecule has 1 amide bonds. The fraction of sp³-hybridized carbons (Fsp3) is 0.533. The third-order valence-corrected chi connectivity index (χ3v) is 5.05. The molecule has 1 aliphatic rings. The van der Waals surface area contributed by atoms with Gasteiger partial charge in [0, 0.05) is 29.7 Å². The van der Waals surface area contributed by atoms with Crippen LogP contribution in [0.25, 0.3) is 0 Å². The fourth-order valence-corrected chi connectivity index (χ4v) is 3.61. The molecule has 1 aliphatic carbocycles. The van der Waals surface area contributed by atoms with E-state index in [1.807, 2.05) is 20.9 Å². The minimum absolute atomic E-state index is 0.0543. The number of carbonyl (C=O) groups is 1. The molecule has 1 fully saturated rings. The quantitative estimate of drug-likeness (QED) is 0.944. The molecule has 2 heterocycles. The number of nitrogens with zero attached hydrogens (tertiary/aromatic N) is 3. The molecule has 3 rings (SSSR count). The molecule has 1 saturated carbocycles. The van der Waals surface area contributed by atoms with E-state index in [2.05, 4.69) is 33.8 Å². The van der Waals surface area contributed by atoms with Gasteiger partial charge in [0.15, 0.2) is 5.82 Å². The average molecular weight is 304 g/mol. The predicted octanol–water partition coefficient (Wildman–Crippen LogP) is 3.05. The van der Waals surface area contributed by atoms with E-state index < -0.39 is 0 Å². The summed E-state index contributed by atoms with van der Waals surface area (Å²) in [4.78, 5) is 18.1. The van der Waals surface area contributed by atoms with Crippen LogP contribution in [0.1, 0.15) is 48.4 Å². The van der Waals surface area contributed by atoms with Gasteiger partial charge in [-0.05, 0) is 30.4 Å². The summed E-state index contributed by atoms with van der Waals surface area (Å²) in [7, 11) is 1.81. The van der Waals surface area contributed by atoms with Crippen LogP contribution in [-0.2, 0) is 11.8 Å². The van der Waals surface area contributed by atoms with E-state index in [0.29, 0.717) is 11.9 Å². The lowest BCUT2D eigenvalue weighted by Gasteiger charge is -2.03. The maximum absolute atomic E-state index is 12.3. The highest BCUT2D eigenvalue weighted by Gasteiger charge is 2.45. The molecule has 112 valence electrons. The van der Waals surface area contributed by atoms with Crippen LogP contribution < -0.4 is 5.32 Å². The number of amides is 1. The summed E-state index contributed by atoms with van der Waals surface area (Å²) >= 11 is 1.75. The van der Waals surface area contributed by atoms with E-state index in [1.54, 1.807) is 16.0 Å². The maximum Gasteiger partial charge on any atom is 0.230 e. The molecule has 0 saturated heterocycles. The van der Waals surface area contributed by atoms with Crippen LogP contribution in [0.4, 0.5) is 5.95 Å². The molecule has 6 heteroatoms. The summed E-state index contributed by atoms with van der Waals surface area (Å²) < 4.78 is 1.64. The van der Waals surface area contributed by atoms with Crippen molar-refractivity contribution >= 4 is 23.2 Å². The van der Waals surface area contributed by atoms with Gasteiger partial charge in [0.25, 0.3) is 0 Å². The van der Waals surface area contributed by atoms with Crippen molar-refractivity contribution in [1.29, 1.82) is 0 Å². The first-order valence-corrected chi connectivity index (χ1v) is 8.11. The summed E-state index contributed by atoms with van der Waals surface area (Å²) in [6.45, 7) is 6.19. The first-order chi connectivity index (χ1) is 9.97. The van der Waals surface area contributed by atoms with Crippen LogP contribution in [0, 0.1) is 12.8 Å². The lowest BCUT2D eigenvalue weighted by atomic mass is 10.2. The number of anilines is 1. The number of aromatic nitrogens is 3. The van der Waals surface area contributed by atoms with E-state index in [4.69, 9.17) is 0 Å². The Bertz CT molecular complexity index is 673. The van der Waals surface area contributed by atoms with Gasteiger partial charge in [-0.1, -0.05) is 13.8 Å². The zero-order valence-corrected chi connectivity index (χ0v) is 13.6. The zero-order chi connectivity index (χ0) is 15.1. The lowest BCUT2D eigenvalue weighted by Crippen LogP contribution is -2.17. The van der Waals surface area contributed by atoms with Crippen LogP contribution >= 0.6 is 11.3 Å². The molecule has 2 atom stereocenters. The number of hydrogen-bond donors (Lipinski definition) is 1. The summed E-state index contributed by atoms with van der Waals surface area (Å²) in [5.41, 5.74) is 1.29. The smallest absolute Gasteiger partial charge is 0.230 e. The van der Waals surface area contributed by atoms with Gasteiger partial charge in [-0.25, -0.2) is 4.68 Å². The highest BCUT2D eigenvalue weighted by molar-refractivity contribution is 7.10. The van der Waals surface area contributed by atoms with E-state index in [9.17, 15) is 4.79 Å². The molecule has 5 nitrogen and oxygen atoms in total. The molecule has 0 aliphatic heterocycles. The topological polar surface area (TPSA) is 59.8 Å². The number of hydrogen-bond acceptors (Lipinski definition) is 4. The first-order valence-electron chi connectivity index (χ1n) is 7.23. The molecule has 0 bridgehead atoms. The van der Waals surface area contributed by atoms with E-state index >= 15 is 0 Å². The highest BCUT2D eigenvalue weighted by atomic mass is 32.1. The summed E-state index contributed by atoms with van der Waals surface area (Å²) in [6, 6.07) is 2.12. The molecule has 21 heavy (non-hydrogen) atoms. The Kier molecular flexibility index (Phi) is 3.57. The van der Waals surface area contributed by atoms with Gasteiger partial charge in [0.1, 0.15) is 0 Å². The van der Waals surface area contributed by atoms with Crippen molar-refractivity contribution in [3.8, 4) is 0 Å². The fourth-order valence-electron chi connectivity index (χ4n) is 2.50. The Labute approximate surface area is 128 Å². The van der Waals surface area contributed by atoms with Gasteiger partial charge in [0.05, 0.1) is 0 Å². The SMILES string of the molecule is Cc1ccsc1[C@@H]1C[C@@H]1C(=O)Nc1nc(C(C)C)nn1C. The standard InChI is InChI=1S/C15H20N4OS/c1-8(2)13-16-15(19(4)18-13)17-14(20)11-7-10(11)12-9(3)5-6-21-12/h5-6,8,10-11H,7H2,1-4H3,(H,16,17,18,20)/t10-,11+/m1/s1. The summed E-state index contributed by atoms with van der Waals surface area (Å²) in [6.07, 6.45) is 0.933. The Balaban J connectivity index is 1.67. The molecule has 0 aromatic carbocycles. The zero-order valence-electron chi connectivity index (χ0n) is 12.8. The minimum Gasteiger partial charge on any atom is -0.294 e. The van der Waals surface area contributed by atoms with E-state index in [1.165, 1.54) is 10.4 Å². The van der Waals surface area contributed by atoms with Gasteiger partial charge in [0.2, 0.25) is 11.9 Å². The van der Waals surface area contributed by atoms with Crippen molar-refractivity contribution in [2.75, 3.05) is 5.32 Å². The van der Waals surface area contributed by atoms with Gasteiger partial charge >= 0.3 is 0 Å². The van der Waals surface area contributed by atoms with Crippen molar-refractivity contribution in [2.45, 2.75) is 39.0 Å². The van der Waals surface area contributed by atoms with E-state index in [-0.39, 0.29) is 17.7 Å². The number of nitrogens with one attached hydrogen (secondary N) is 1. The monoisotopic (exact) mass is 304 g/mol. The molecule has 0 radical (unpaired) electrons. The largest absolute Gasteiger partial charge is 0.294 e. The Morgan fingerprint density at radius 3 is 2.86 bits per heavy atom. The van der Waals surface area contributed by atoms with Crippen LogP contribution in [0.3, 0.4) is 0 Å². The summed E-state index contributed by atoms with van der Waals surface area (Å²) in [5, 5.41) is 9.33. The first kappa shape index (κ1) is 14.3. The predicted molar refractivity (Wildman–Crippen MR) is 83.6 cm³/mol. The van der Waals surface area contributed by atoms with Crippen LogP contribution in [0.5, 0.6) is 0 Å². The van der Waals surface area contributed by atoms with Crippen LogP contribution in [-0.4, -0.2) is 20.7 Å². The normalized spacial score (nSPS) is 20.8. The lowest BCUT2D eigenvalue weighted by molar-refractivity contribution is -0.117. The van der Waals surface area contributed by atoms with Crippen LogP contribution in [0.2, 0.25) is 0 Å². The Hall–Kier alpha value is -1.69. The van der Waals surface area contributed by atoms with Crippen molar-refractivity contribution in [3.63, 3.8) is 0 Å². The number of thiophene rings is 1. The second-order valence-electron chi connectivity index (χ2n) is 5.98. The molecular formula is C15H20N4OS. The number of carbonyl (C=O) groups excluding carboxylic acids is 1. The third-order valence-electron chi connectivity index (χ3n) is 3.90. The maximum atomic E-state index is 12.3. The van der Waals surface area contributed by atoms with Gasteiger partial charge in [-0.15, -0.1) is 11.3 Å². The molecular weight excluding hydrogens is 284 g/mol. The van der Waals surface area contributed by atoms with Crippen LogP contribution in [0.15, 0.2) is 11.4 Å². The minimum atomic E-state index is 0.0543. The van der Waals surface area contributed by atoms with Crippen molar-refractivity contribution in [2.24, 2.45) is 13.0 Å². The molecule has 2 aromatic heterocycles. The second kappa shape index (κ2) is 5.26. The number of aryl methyl sites for hydroxylation is 2. The molecule has 1 N–H and O–H groups in total. The Morgan fingerprint density at radius 1 is 1.52 bits per heavy atom. The average Bonchev–Trinajstić information content (AvgIpc) is 2.97. The van der Waals surface area contributed by atoms with Crippen molar-refractivity contribution in [1.82, 2.24) is 14.8 Å². The highest BCUT2D eigenvalue weighted by Crippen LogP contribution is 2.50. The number of rotatable bonds is 4. The molecule has 0 unspecified atom stereocenters. The molecule has 0 spiro atoms. The summed E-state index contributed by atoms with van der Waals surface area (Å²) in [5.74, 6) is 2.05. The second-order valence-corrected chi connectivity index (χ2v) is 6.93. The van der Waals surface area contributed by atoms with Gasteiger partial charge < -0.3 is 0 Å². The molecule has 2 aromatic rings. The van der Waals surface area contributed by atoms with Crippen molar-refractivity contribution in [3.05, 3.63) is 27.7 Å². The van der Waals surface area contributed by atoms with Crippen molar-refractivity contribution < 1.29 is 4.79 Å².